The molecule has 5 rings (SSSR count). The number of rotatable bonds is 4. The Hall–Kier alpha value is -3.94. The predicted octanol–water partition coefficient (Wildman–Crippen LogP) is 2.54. The molecule has 2 aromatic heterocycles. The van der Waals surface area contributed by atoms with E-state index in [1.165, 1.54) is 0 Å². The Bertz CT molecular complexity index is 1290. The van der Waals surface area contributed by atoms with Gasteiger partial charge in [0.25, 0.3) is 5.56 Å². The van der Waals surface area contributed by atoms with Gasteiger partial charge in [-0.1, -0.05) is 30.3 Å². The van der Waals surface area contributed by atoms with Crippen LogP contribution in [0.4, 0.5) is 11.5 Å². The second-order valence-electron chi connectivity index (χ2n) is 7.34. The lowest BCUT2D eigenvalue weighted by molar-refractivity contribution is -0.117. The van der Waals surface area contributed by atoms with Crippen LogP contribution >= 0.6 is 0 Å². The minimum atomic E-state index is -0.288. The number of amides is 1. The number of carbonyl (C=O) groups excluding carboxylic acids is 1. The van der Waals surface area contributed by atoms with Crippen molar-refractivity contribution >= 4 is 28.2 Å². The van der Waals surface area contributed by atoms with Gasteiger partial charge in [-0.25, -0.2) is 5.10 Å². The summed E-state index contributed by atoms with van der Waals surface area (Å²) in [6, 6.07) is 16.6. The van der Waals surface area contributed by atoms with Gasteiger partial charge in [-0.15, -0.1) is 0 Å². The molecule has 2 aromatic carbocycles. The molecule has 0 saturated carbocycles. The van der Waals surface area contributed by atoms with E-state index in [-0.39, 0.29) is 17.5 Å². The van der Waals surface area contributed by atoms with Gasteiger partial charge in [-0.3, -0.25) is 14.3 Å². The summed E-state index contributed by atoms with van der Waals surface area (Å²) in [6.45, 7) is 0.641. The third-order valence-corrected chi connectivity index (χ3v) is 5.39. The molecule has 0 bridgehead atoms. The van der Waals surface area contributed by atoms with Crippen LogP contribution in [0.3, 0.4) is 0 Å². The van der Waals surface area contributed by atoms with Crippen LogP contribution in [0.5, 0.6) is 0 Å². The van der Waals surface area contributed by atoms with Crippen molar-refractivity contribution in [2.75, 3.05) is 16.8 Å². The molecule has 1 saturated heterocycles. The number of nitrogens with one attached hydrogen (secondary N) is 2. The van der Waals surface area contributed by atoms with Crippen molar-refractivity contribution in [3.8, 4) is 11.3 Å². The van der Waals surface area contributed by atoms with E-state index in [0.29, 0.717) is 29.9 Å². The Labute approximate surface area is 172 Å². The molecule has 30 heavy (non-hydrogen) atoms. The van der Waals surface area contributed by atoms with Gasteiger partial charge in [0.2, 0.25) is 5.91 Å². The number of fused-ring (bicyclic) bond motifs is 1. The lowest BCUT2D eigenvalue weighted by Crippen LogP contribution is -2.33. The summed E-state index contributed by atoms with van der Waals surface area (Å²) in [6.07, 6.45) is 2.55. The predicted molar refractivity (Wildman–Crippen MR) is 115 cm³/mol. The van der Waals surface area contributed by atoms with Gasteiger partial charge < -0.3 is 10.2 Å². The molecule has 150 valence electrons. The van der Waals surface area contributed by atoms with Crippen LogP contribution < -0.4 is 15.8 Å². The van der Waals surface area contributed by atoms with Crippen LogP contribution in [0.15, 0.2) is 65.6 Å². The normalized spacial score (nSPS) is 16.4. The number of hydrogen-bond acceptors (Lipinski definition) is 5. The zero-order chi connectivity index (χ0) is 20.7. The number of carbonyl (C=O) groups is 1. The minimum Gasteiger partial charge on any atom is -0.357 e. The first-order valence-corrected chi connectivity index (χ1v) is 9.75. The molecule has 8 nitrogen and oxygen atoms in total. The fourth-order valence-electron chi connectivity index (χ4n) is 3.87. The smallest absolute Gasteiger partial charge is 0.272 e. The van der Waals surface area contributed by atoms with E-state index in [0.717, 1.165) is 16.6 Å². The van der Waals surface area contributed by atoms with E-state index >= 15 is 0 Å². The third-order valence-electron chi connectivity index (χ3n) is 5.39. The summed E-state index contributed by atoms with van der Waals surface area (Å²) in [5.74, 6) is 0.727. The topological polar surface area (TPSA) is 95.9 Å². The van der Waals surface area contributed by atoms with Crippen molar-refractivity contribution in [1.82, 2.24) is 20.0 Å². The fraction of sp³-hybridized carbons (Fsp3) is 0.182. The highest BCUT2D eigenvalue weighted by Gasteiger charge is 2.32. The number of aryl methyl sites for hydroxylation is 1. The number of nitrogens with zero attached hydrogens (tertiary/aromatic N) is 4. The summed E-state index contributed by atoms with van der Waals surface area (Å²) >= 11 is 0. The lowest BCUT2D eigenvalue weighted by Gasteiger charge is -2.17. The maximum absolute atomic E-state index is 12.9. The Morgan fingerprint density at radius 3 is 2.53 bits per heavy atom. The summed E-state index contributed by atoms with van der Waals surface area (Å²) in [7, 11) is 1.84. The zero-order valence-electron chi connectivity index (χ0n) is 16.4. The number of benzene rings is 2. The van der Waals surface area contributed by atoms with Crippen LogP contribution in [0.1, 0.15) is 6.42 Å². The standard InChI is InChI=1S/C22H20N6O2/c1-27-12-11-19(26-27)23-18-10-13-28(22(18)30)15-8-6-14(7-9-15)20-16-4-2-3-5-17(16)21(29)25-24-20/h2-9,11-12,18H,10,13H2,1H3,(H,23,26)(H,25,29). The van der Waals surface area contributed by atoms with Crippen LogP contribution in [-0.2, 0) is 11.8 Å². The molecule has 1 unspecified atom stereocenters. The molecular formula is C22H20N6O2. The average Bonchev–Trinajstić information content (AvgIpc) is 3.34. The Morgan fingerprint density at radius 1 is 1.03 bits per heavy atom. The lowest BCUT2D eigenvalue weighted by atomic mass is 10.0. The molecule has 2 N–H and O–H groups in total. The fourth-order valence-corrected chi connectivity index (χ4v) is 3.87. The molecule has 1 aliphatic rings. The number of anilines is 2. The van der Waals surface area contributed by atoms with Crippen LogP contribution in [-0.4, -0.2) is 38.5 Å². The van der Waals surface area contributed by atoms with E-state index in [1.807, 2.05) is 61.8 Å². The van der Waals surface area contributed by atoms with Crippen molar-refractivity contribution in [3.05, 3.63) is 71.1 Å². The molecule has 0 radical (unpaired) electrons. The van der Waals surface area contributed by atoms with Crippen LogP contribution in [0, 0.1) is 0 Å². The second kappa shape index (κ2) is 7.14. The molecule has 1 atom stereocenters. The Kier molecular flexibility index (Phi) is 4.31. The van der Waals surface area contributed by atoms with Gasteiger partial charge >= 0.3 is 0 Å². The molecule has 1 fully saturated rings. The first kappa shape index (κ1) is 18.1. The van der Waals surface area contributed by atoms with E-state index < -0.39 is 0 Å². The number of aromatic nitrogens is 4. The Morgan fingerprint density at radius 2 is 1.80 bits per heavy atom. The van der Waals surface area contributed by atoms with Crippen LogP contribution in [0.2, 0.25) is 0 Å². The average molecular weight is 400 g/mol. The monoisotopic (exact) mass is 400 g/mol. The van der Waals surface area contributed by atoms with Gasteiger partial charge in [0.1, 0.15) is 11.9 Å². The van der Waals surface area contributed by atoms with Gasteiger partial charge in [-0.05, 0) is 24.6 Å². The molecule has 8 heteroatoms. The van der Waals surface area contributed by atoms with Gasteiger partial charge in [0, 0.05) is 42.5 Å². The first-order chi connectivity index (χ1) is 14.6. The molecule has 0 aliphatic carbocycles. The largest absolute Gasteiger partial charge is 0.357 e. The molecular weight excluding hydrogens is 380 g/mol. The minimum absolute atomic E-state index is 0.0287. The molecule has 0 spiro atoms. The van der Waals surface area contributed by atoms with Crippen molar-refractivity contribution < 1.29 is 4.79 Å². The SMILES string of the molecule is Cn1ccc(NC2CCN(c3ccc(-c4n[nH]c(=O)c5ccccc45)cc3)C2=O)n1. The molecule has 1 amide bonds. The van der Waals surface area contributed by atoms with Gasteiger partial charge in [0.05, 0.1) is 11.1 Å². The maximum Gasteiger partial charge on any atom is 0.272 e. The molecule has 1 aliphatic heterocycles. The first-order valence-electron chi connectivity index (χ1n) is 9.75. The number of hydrogen-bond donors (Lipinski definition) is 2. The summed E-state index contributed by atoms with van der Waals surface area (Å²) in [5, 5.41) is 15.7. The zero-order valence-corrected chi connectivity index (χ0v) is 16.4. The highest BCUT2D eigenvalue weighted by Crippen LogP contribution is 2.28. The highest BCUT2D eigenvalue weighted by molar-refractivity contribution is 6.01. The van der Waals surface area contributed by atoms with E-state index in [1.54, 1.807) is 15.6 Å². The quantitative estimate of drug-likeness (QED) is 0.549. The van der Waals surface area contributed by atoms with Gasteiger partial charge in [0.15, 0.2) is 0 Å². The van der Waals surface area contributed by atoms with Crippen LogP contribution in [0.25, 0.3) is 22.0 Å². The van der Waals surface area contributed by atoms with E-state index in [9.17, 15) is 9.59 Å². The summed E-state index contributed by atoms with van der Waals surface area (Å²) < 4.78 is 1.70. The number of H-pyrrole nitrogens is 1. The second-order valence-corrected chi connectivity index (χ2v) is 7.34. The summed E-state index contributed by atoms with van der Waals surface area (Å²) in [4.78, 5) is 26.7. The third kappa shape index (κ3) is 3.12. The molecule has 4 aromatic rings. The van der Waals surface area contributed by atoms with Gasteiger partial charge in [-0.2, -0.15) is 10.2 Å². The Balaban J connectivity index is 1.39. The number of aromatic amines is 1. The van der Waals surface area contributed by atoms with Crippen molar-refractivity contribution in [2.24, 2.45) is 7.05 Å². The highest BCUT2D eigenvalue weighted by atomic mass is 16.2. The van der Waals surface area contributed by atoms with Crippen molar-refractivity contribution in [2.45, 2.75) is 12.5 Å². The summed E-state index contributed by atoms with van der Waals surface area (Å²) in [5.41, 5.74) is 2.21. The van der Waals surface area contributed by atoms with E-state index in [2.05, 4.69) is 20.6 Å². The van der Waals surface area contributed by atoms with Crippen molar-refractivity contribution in [1.29, 1.82) is 0 Å². The molecule has 3 heterocycles. The van der Waals surface area contributed by atoms with E-state index in [4.69, 9.17) is 0 Å². The maximum atomic E-state index is 12.9. The van der Waals surface area contributed by atoms with Crippen molar-refractivity contribution in [3.63, 3.8) is 0 Å².